The fourth-order valence-electron chi connectivity index (χ4n) is 2.60. The van der Waals surface area contributed by atoms with Gasteiger partial charge in [0, 0.05) is 6.42 Å². The number of benzene rings is 1. The van der Waals surface area contributed by atoms with Crippen LogP contribution < -0.4 is 0 Å². The number of aryl methyl sites for hydroxylation is 1. The monoisotopic (exact) mass is 372 g/mol. The van der Waals surface area contributed by atoms with Crippen LogP contribution in [0.25, 0.3) is 17.2 Å². The first-order chi connectivity index (χ1) is 12.9. The van der Waals surface area contributed by atoms with Crippen LogP contribution in [0.2, 0.25) is 0 Å². The van der Waals surface area contributed by atoms with Gasteiger partial charge in [0.2, 0.25) is 5.82 Å². The third kappa shape index (κ3) is 3.05. The molecule has 7 nitrogen and oxygen atoms in total. The minimum Gasteiger partial charge on any atom is -0.491 e. The van der Waals surface area contributed by atoms with E-state index in [9.17, 15) is 18.3 Å². The molecule has 3 aromatic heterocycles. The fraction of sp³-hybridized carbons (Fsp3) is 0.118. The van der Waals surface area contributed by atoms with E-state index in [1.807, 2.05) is 0 Å². The van der Waals surface area contributed by atoms with Crippen LogP contribution in [0.1, 0.15) is 16.8 Å². The largest absolute Gasteiger partial charge is 0.491 e. The van der Waals surface area contributed by atoms with Crippen molar-refractivity contribution in [2.75, 3.05) is 0 Å². The van der Waals surface area contributed by atoms with Crippen molar-refractivity contribution in [3.05, 3.63) is 65.1 Å². The molecule has 1 N–H and O–H groups in total. The molecule has 3 heterocycles. The molecule has 0 saturated heterocycles. The molecule has 27 heavy (non-hydrogen) atoms. The van der Waals surface area contributed by atoms with Crippen LogP contribution in [0.4, 0.5) is 13.2 Å². The summed E-state index contributed by atoms with van der Waals surface area (Å²) in [6.45, 7) is 1.47. The van der Waals surface area contributed by atoms with E-state index in [4.69, 9.17) is 0 Å². The molecule has 4 aromatic rings. The topological polar surface area (TPSA) is 89.1 Å². The van der Waals surface area contributed by atoms with Crippen molar-refractivity contribution >= 4 is 5.65 Å². The Bertz CT molecular complexity index is 1180. The van der Waals surface area contributed by atoms with E-state index < -0.39 is 23.3 Å². The van der Waals surface area contributed by atoms with Gasteiger partial charge in [-0.15, -0.1) is 0 Å². The lowest BCUT2D eigenvalue weighted by Gasteiger charge is -2.08. The predicted octanol–water partition coefficient (Wildman–Crippen LogP) is 2.60. The molecule has 0 spiro atoms. The smallest absolute Gasteiger partial charge is 0.251 e. The molecule has 10 heteroatoms. The molecule has 0 amide bonds. The van der Waals surface area contributed by atoms with Crippen LogP contribution in [-0.2, 0) is 6.42 Å². The Morgan fingerprint density at radius 3 is 2.63 bits per heavy atom. The number of hydrogen-bond donors (Lipinski definition) is 1. The van der Waals surface area contributed by atoms with E-state index in [1.54, 1.807) is 0 Å². The second-order valence-electron chi connectivity index (χ2n) is 5.84. The minimum absolute atomic E-state index is 0.0527. The van der Waals surface area contributed by atoms with Crippen molar-refractivity contribution in [3.8, 4) is 17.4 Å². The Morgan fingerprint density at radius 1 is 1.04 bits per heavy atom. The van der Waals surface area contributed by atoms with Crippen molar-refractivity contribution in [1.29, 1.82) is 0 Å². The number of nitrogens with zero attached hydrogens (tertiary/aromatic N) is 6. The van der Waals surface area contributed by atoms with Gasteiger partial charge in [0.1, 0.15) is 23.7 Å². The summed E-state index contributed by atoms with van der Waals surface area (Å²) in [7, 11) is 0. The molecule has 0 unspecified atom stereocenters. The Hall–Kier alpha value is -3.56. The van der Waals surface area contributed by atoms with Gasteiger partial charge in [0.25, 0.3) is 5.88 Å². The second kappa shape index (κ2) is 6.31. The maximum atomic E-state index is 14.2. The average molecular weight is 372 g/mol. The number of rotatable bonds is 3. The van der Waals surface area contributed by atoms with Gasteiger partial charge in [-0.25, -0.2) is 28.2 Å². The molecule has 0 fully saturated rings. The van der Waals surface area contributed by atoms with E-state index in [0.29, 0.717) is 11.3 Å². The summed E-state index contributed by atoms with van der Waals surface area (Å²) in [5, 5.41) is 13.5. The first kappa shape index (κ1) is 16.9. The Balaban J connectivity index is 1.84. The highest BCUT2D eigenvalue weighted by atomic mass is 19.1. The van der Waals surface area contributed by atoms with Crippen LogP contribution in [0, 0.1) is 24.4 Å². The first-order valence-electron chi connectivity index (χ1n) is 7.78. The number of aromatic hydroxyl groups is 1. The van der Waals surface area contributed by atoms with Crippen molar-refractivity contribution in [1.82, 2.24) is 29.5 Å². The molecule has 0 aliphatic rings. The zero-order chi connectivity index (χ0) is 19.1. The van der Waals surface area contributed by atoms with E-state index >= 15 is 0 Å². The van der Waals surface area contributed by atoms with E-state index in [0.717, 1.165) is 18.3 Å². The van der Waals surface area contributed by atoms with E-state index in [2.05, 4.69) is 25.0 Å². The zero-order valence-electron chi connectivity index (χ0n) is 13.9. The van der Waals surface area contributed by atoms with Gasteiger partial charge in [-0.05, 0) is 30.2 Å². The summed E-state index contributed by atoms with van der Waals surface area (Å²) in [6, 6.07) is 2.21. The van der Waals surface area contributed by atoms with Gasteiger partial charge in [-0.1, -0.05) is 0 Å². The molecule has 1 aromatic carbocycles. The van der Waals surface area contributed by atoms with Crippen molar-refractivity contribution < 1.29 is 18.3 Å². The molecule has 0 saturated carbocycles. The first-order valence-corrected chi connectivity index (χ1v) is 7.78. The molecule has 0 aliphatic carbocycles. The van der Waals surface area contributed by atoms with Crippen LogP contribution in [-0.4, -0.2) is 34.7 Å². The highest BCUT2D eigenvalue weighted by Gasteiger charge is 2.16. The Kier molecular flexibility index (Phi) is 3.94. The van der Waals surface area contributed by atoms with Gasteiger partial charge >= 0.3 is 0 Å². The summed E-state index contributed by atoms with van der Waals surface area (Å²) >= 11 is 0. The number of fused-ring (bicyclic) bond motifs is 1. The van der Waals surface area contributed by atoms with Crippen LogP contribution in [0.5, 0.6) is 5.88 Å². The average Bonchev–Trinajstić information content (AvgIpc) is 3.11. The Labute approximate surface area is 150 Å². The highest BCUT2D eigenvalue weighted by Crippen LogP contribution is 2.22. The summed E-state index contributed by atoms with van der Waals surface area (Å²) < 4.78 is 42.6. The van der Waals surface area contributed by atoms with Gasteiger partial charge in [-0.3, -0.25) is 0 Å². The van der Waals surface area contributed by atoms with Crippen molar-refractivity contribution in [3.63, 3.8) is 0 Å². The molecular weight excluding hydrogens is 361 g/mol. The SMILES string of the molecule is Cc1cc(F)c(Cc2nc(-c3ncc(F)c(O)n3)cn3ncnc23)cc1F. The quantitative estimate of drug-likeness (QED) is 0.595. The van der Waals surface area contributed by atoms with Crippen LogP contribution in [0.15, 0.2) is 30.9 Å². The lowest BCUT2D eigenvalue weighted by Crippen LogP contribution is -2.05. The lowest BCUT2D eigenvalue weighted by molar-refractivity contribution is 0.409. The number of hydrogen-bond acceptors (Lipinski definition) is 6. The summed E-state index contributed by atoms with van der Waals surface area (Å²) in [5.74, 6) is -2.96. The normalized spacial score (nSPS) is 11.3. The third-order valence-electron chi connectivity index (χ3n) is 3.97. The third-order valence-corrected chi connectivity index (χ3v) is 3.97. The Morgan fingerprint density at radius 2 is 1.85 bits per heavy atom. The second-order valence-corrected chi connectivity index (χ2v) is 5.84. The lowest BCUT2D eigenvalue weighted by atomic mass is 10.1. The van der Waals surface area contributed by atoms with Crippen molar-refractivity contribution in [2.24, 2.45) is 0 Å². The highest BCUT2D eigenvalue weighted by molar-refractivity contribution is 5.55. The molecule has 0 bridgehead atoms. The predicted molar refractivity (Wildman–Crippen MR) is 87.3 cm³/mol. The molecule has 0 atom stereocenters. The minimum atomic E-state index is -0.974. The molecular formula is C17H11F3N6O. The van der Waals surface area contributed by atoms with Crippen molar-refractivity contribution in [2.45, 2.75) is 13.3 Å². The van der Waals surface area contributed by atoms with E-state index in [-0.39, 0.29) is 29.1 Å². The molecule has 4 rings (SSSR count). The molecule has 136 valence electrons. The van der Waals surface area contributed by atoms with Crippen LogP contribution in [0.3, 0.4) is 0 Å². The van der Waals surface area contributed by atoms with Crippen LogP contribution >= 0.6 is 0 Å². The number of aromatic nitrogens is 6. The zero-order valence-corrected chi connectivity index (χ0v) is 13.9. The van der Waals surface area contributed by atoms with Gasteiger partial charge < -0.3 is 5.11 Å². The van der Waals surface area contributed by atoms with Gasteiger partial charge in [0.05, 0.1) is 18.1 Å². The maximum Gasteiger partial charge on any atom is 0.251 e. The summed E-state index contributed by atoms with van der Waals surface area (Å²) in [5.41, 5.74) is 1.08. The fourth-order valence-corrected chi connectivity index (χ4v) is 2.60. The van der Waals surface area contributed by atoms with E-state index in [1.165, 1.54) is 24.0 Å². The molecule has 0 aliphatic heterocycles. The molecule has 0 radical (unpaired) electrons. The maximum absolute atomic E-state index is 14.2. The van der Waals surface area contributed by atoms with Gasteiger partial charge in [0.15, 0.2) is 11.5 Å². The van der Waals surface area contributed by atoms with Gasteiger partial charge in [-0.2, -0.15) is 14.5 Å². The number of halogens is 3. The standard InChI is InChI=1S/C17H11F3N6O/c1-8-2-11(19)9(3-10(8)18)4-13-16-22-7-23-26(16)6-14(24-13)15-21-5-12(20)17(27)25-15/h2-3,5-7H,4H2,1H3,(H,21,25,27). The summed E-state index contributed by atoms with van der Waals surface area (Å²) in [4.78, 5) is 15.8. The summed E-state index contributed by atoms with van der Waals surface area (Å²) in [6.07, 6.45) is 3.45.